The minimum absolute atomic E-state index is 0.469. The molecule has 0 N–H and O–H groups in total. The van der Waals surface area contributed by atoms with Crippen LogP contribution < -0.4 is 9.47 Å². The molecule has 0 aliphatic carbocycles. The Kier molecular flexibility index (Phi) is 4.08. The highest BCUT2D eigenvalue weighted by Crippen LogP contribution is 2.31. The first-order valence-corrected chi connectivity index (χ1v) is 5.10. The number of hydrogen-bond acceptors (Lipinski definition) is 2. The maximum absolute atomic E-state index is 5.77. The predicted octanol–water partition coefficient (Wildman–Crippen LogP) is 3.01. The van der Waals surface area contributed by atoms with E-state index in [0.717, 1.165) is 29.0 Å². The van der Waals surface area contributed by atoms with Gasteiger partial charge in [-0.05, 0) is 24.1 Å². The fraction of sp³-hybridized carbons (Fsp3) is 0.455. The Morgan fingerprint density at radius 1 is 1.14 bits per heavy atom. The van der Waals surface area contributed by atoms with Crippen LogP contribution in [0.2, 0.25) is 0 Å². The summed E-state index contributed by atoms with van der Waals surface area (Å²) in [5.41, 5.74) is 2.10. The van der Waals surface area contributed by atoms with Crippen LogP contribution in [0.3, 0.4) is 0 Å². The quantitative estimate of drug-likeness (QED) is 0.718. The van der Waals surface area contributed by atoms with E-state index in [1.807, 2.05) is 12.1 Å². The van der Waals surface area contributed by atoms with Crippen molar-refractivity contribution in [3.8, 4) is 11.5 Å². The van der Waals surface area contributed by atoms with E-state index in [2.05, 4.69) is 6.92 Å². The van der Waals surface area contributed by atoms with Gasteiger partial charge in [0, 0.05) is 11.4 Å². The van der Waals surface area contributed by atoms with E-state index < -0.39 is 0 Å². The standard InChI is InChI=1S/C11H15ClO2/c1-4-9-10(13-2)5-8(7-12)6-11(9)14-3/h5-6H,4,7H2,1-3H3. The second-order valence-corrected chi connectivity index (χ2v) is 3.23. The van der Waals surface area contributed by atoms with Crippen LogP contribution in [0, 0.1) is 0 Å². The molecule has 14 heavy (non-hydrogen) atoms. The summed E-state index contributed by atoms with van der Waals surface area (Å²) < 4.78 is 10.6. The van der Waals surface area contributed by atoms with Gasteiger partial charge in [-0.25, -0.2) is 0 Å². The molecule has 3 heteroatoms. The number of halogens is 1. The van der Waals surface area contributed by atoms with Gasteiger partial charge in [-0.15, -0.1) is 11.6 Å². The first-order valence-electron chi connectivity index (χ1n) is 4.56. The summed E-state index contributed by atoms with van der Waals surface area (Å²) in [6.07, 6.45) is 0.884. The van der Waals surface area contributed by atoms with Crippen LogP contribution in [0.4, 0.5) is 0 Å². The largest absolute Gasteiger partial charge is 0.496 e. The second kappa shape index (κ2) is 5.11. The fourth-order valence-electron chi connectivity index (χ4n) is 1.46. The van der Waals surface area contributed by atoms with Crippen molar-refractivity contribution in [1.82, 2.24) is 0 Å². The fourth-order valence-corrected chi connectivity index (χ4v) is 1.62. The van der Waals surface area contributed by atoms with Crippen LogP contribution >= 0.6 is 11.6 Å². The highest BCUT2D eigenvalue weighted by Gasteiger charge is 2.09. The first-order chi connectivity index (χ1) is 6.76. The molecule has 0 saturated heterocycles. The van der Waals surface area contributed by atoms with E-state index in [4.69, 9.17) is 21.1 Å². The third-order valence-electron chi connectivity index (χ3n) is 2.18. The summed E-state index contributed by atoms with van der Waals surface area (Å²) in [6, 6.07) is 3.91. The number of rotatable bonds is 4. The summed E-state index contributed by atoms with van der Waals surface area (Å²) in [7, 11) is 3.32. The van der Waals surface area contributed by atoms with E-state index in [1.165, 1.54) is 0 Å². The zero-order valence-electron chi connectivity index (χ0n) is 8.76. The number of benzene rings is 1. The van der Waals surface area contributed by atoms with E-state index in [0.29, 0.717) is 5.88 Å². The molecule has 0 aliphatic heterocycles. The Balaban J connectivity index is 3.24. The normalized spacial score (nSPS) is 10.0. The molecule has 1 rings (SSSR count). The van der Waals surface area contributed by atoms with Gasteiger partial charge in [-0.1, -0.05) is 6.92 Å². The molecular formula is C11H15ClO2. The van der Waals surface area contributed by atoms with E-state index in [-0.39, 0.29) is 0 Å². The average Bonchev–Trinajstić information content (AvgIpc) is 2.26. The highest BCUT2D eigenvalue weighted by atomic mass is 35.5. The van der Waals surface area contributed by atoms with Crippen LogP contribution in [-0.4, -0.2) is 14.2 Å². The molecule has 2 nitrogen and oxygen atoms in total. The Bertz CT molecular complexity index is 285. The molecule has 0 saturated carbocycles. The van der Waals surface area contributed by atoms with Gasteiger partial charge in [-0.2, -0.15) is 0 Å². The van der Waals surface area contributed by atoms with E-state index >= 15 is 0 Å². The molecule has 0 unspecified atom stereocenters. The number of hydrogen-bond donors (Lipinski definition) is 0. The first kappa shape index (κ1) is 11.2. The van der Waals surface area contributed by atoms with Crippen molar-refractivity contribution in [1.29, 1.82) is 0 Å². The summed E-state index contributed by atoms with van der Waals surface area (Å²) in [5.74, 6) is 2.17. The van der Waals surface area contributed by atoms with Gasteiger partial charge in [0.05, 0.1) is 14.2 Å². The Labute approximate surface area is 89.8 Å². The number of alkyl halides is 1. The van der Waals surface area contributed by atoms with Crippen molar-refractivity contribution in [2.45, 2.75) is 19.2 Å². The minimum Gasteiger partial charge on any atom is -0.496 e. The van der Waals surface area contributed by atoms with Crippen molar-refractivity contribution in [3.63, 3.8) is 0 Å². The maximum Gasteiger partial charge on any atom is 0.126 e. The molecule has 1 aromatic rings. The zero-order chi connectivity index (χ0) is 10.6. The third-order valence-corrected chi connectivity index (χ3v) is 2.48. The van der Waals surface area contributed by atoms with Gasteiger partial charge >= 0.3 is 0 Å². The smallest absolute Gasteiger partial charge is 0.126 e. The Hall–Kier alpha value is -0.890. The molecule has 0 spiro atoms. The number of ether oxygens (including phenoxy) is 2. The summed E-state index contributed by atoms with van der Waals surface area (Å²) in [4.78, 5) is 0. The lowest BCUT2D eigenvalue weighted by Gasteiger charge is -2.13. The van der Waals surface area contributed by atoms with Crippen molar-refractivity contribution in [2.24, 2.45) is 0 Å². The van der Waals surface area contributed by atoms with Crippen LogP contribution in [0.1, 0.15) is 18.1 Å². The maximum atomic E-state index is 5.77. The molecule has 0 radical (unpaired) electrons. The molecule has 0 atom stereocenters. The van der Waals surface area contributed by atoms with E-state index in [9.17, 15) is 0 Å². The molecule has 0 aromatic heterocycles. The lowest BCUT2D eigenvalue weighted by atomic mass is 10.1. The Morgan fingerprint density at radius 3 is 1.93 bits per heavy atom. The van der Waals surface area contributed by atoms with Crippen LogP contribution in [0.15, 0.2) is 12.1 Å². The van der Waals surface area contributed by atoms with Gasteiger partial charge in [0.2, 0.25) is 0 Å². The topological polar surface area (TPSA) is 18.5 Å². The molecule has 78 valence electrons. The lowest BCUT2D eigenvalue weighted by Crippen LogP contribution is -1.97. The van der Waals surface area contributed by atoms with Gasteiger partial charge in [-0.3, -0.25) is 0 Å². The lowest BCUT2D eigenvalue weighted by molar-refractivity contribution is 0.385. The summed E-state index contributed by atoms with van der Waals surface area (Å²) in [5, 5.41) is 0. The SMILES string of the molecule is CCc1c(OC)cc(CCl)cc1OC. The molecular weight excluding hydrogens is 200 g/mol. The summed E-state index contributed by atoms with van der Waals surface area (Å²) >= 11 is 5.77. The molecule has 0 fully saturated rings. The third kappa shape index (κ3) is 2.13. The van der Waals surface area contributed by atoms with Crippen LogP contribution in [0.25, 0.3) is 0 Å². The minimum atomic E-state index is 0.469. The van der Waals surface area contributed by atoms with Gasteiger partial charge in [0.15, 0.2) is 0 Å². The van der Waals surface area contributed by atoms with Crippen molar-refractivity contribution in [2.75, 3.05) is 14.2 Å². The van der Waals surface area contributed by atoms with Crippen LogP contribution in [0.5, 0.6) is 11.5 Å². The molecule has 0 amide bonds. The van der Waals surface area contributed by atoms with Crippen molar-refractivity contribution < 1.29 is 9.47 Å². The summed E-state index contributed by atoms with van der Waals surface area (Å²) in [6.45, 7) is 2.07. The van der Waals surface area contributed by atoms with Gasteiger partial charge in [0.25, 0.3) is 0 Å². The van der Waals surface area contributed by atoms with Crippen molar-refractivity contribution in [3.05, 3.63) is 23.3 Å². The Morgan fingerprint density at radius 2 is 1.64 bits per heavy atom. The molecule has 0 heterocycles. The molecule has 1 aromatic carbocycles. The number of methoxy groups -OCH3 is 2. The zero-order valence-corrected chi connectivity index (χ0v) is 9.52. The van der Waals surface area contributed by atoms with Crippen LogP contribution in [-0.2, 0) is 12.3 Å². The molecule has 0 bridgehead atoms. The average molecular weight is 215 g/mol. The van der Waals surface area contributed by atoms with Gasteiger partial charge in [0.1, 0.15) is 11.5 Å². The molecule has 0 aliphatic rings. The van der Waals surface area contributed by atoms with Crippen molar-refractivity contribution >= 4 is 11.6 Å². The van der Waals surface area contributed by atoms with E-state index in [1.54, 1.807) is 14.2 Å². The monoisotopic (exact) mass is 214 g/mol. The van der Waals surface area contributed by atoms with Gasteiger partial charge < -0.3 is 9.47 Å². The highest BCUT2D eigenvalue weighted by molar-refractivity contribution is 6.17. The second-order valence-electron chi connectivity index (χ2n) is 2.97. The predicted molar refractivity (Wildman–Crippen MR) is 58.5 cm³/mol.